The summed E-state index contributed by atoms with van der Waals surface area (Å²) in [4.78, 5) is 37.8. The number of carbonyl (C=O) groups excluding carboxylic acids is 3. The summed E-state index contributed by atoms with van der Waals surface area (Å²) in [6, 6.07) is 14.0. The van der Waals surface area contributed by atoms with Crippen LogP contribution in [0.4, 0.5) is 4.79 Å². The van der Waals surface area contributed by atoms with Crippen molar-refractivity contribution in [3.05, 3.63) is 59.7 Å². The van der Waals surface area contributed by atoms with Crippen LogP contribution in [0.3, 0.4) is 0 Å². The molecule has 0 aliphatic heterocycles. The summed E-state index contributed by atoms with van der Waals surface area (Å²) < 4.78 is 16.0. The molecule has 0 aliphatic rings. The second-order valence-electron chi connectivity index (χ2n) is 9.07. The first-order chi connectivity index (χ1) is 16.0. The summed E-state index contributed by atoms with van der Waals surface area (Å²) in [6.45, 7) is 5.30. The summed E-state index contributed by atoms with van der Waals surface area (Å²) >= 11 is 0. The van der Waals surface area contributed by atoms with Crippen LogP contribution < -0.4 is 10.1 Å². The SMILES string of the molecule is COC(=O)CCc1ccccc1Oc1ccc(C[C@H](NC(=O)OC(C)(C)C)C(=O)N(C)C)cc1. The van der Waals surface area contributed by atoms with Crippen LogP contribution in [0.5, 0.6) is 11.5 Å². The molecule has 8 nitrogen and oxygen atoms in total. The quantitative estimate of drug-likeness (QED) is 0.555. The first-order valence-corrected chi connectivity index (χ1v) is 11.1. The van der Waals surface area contributed by atoms with Gasteiger partial charge in [0.15, 0.2) is 0 Å². The van der Waals surface area contributed by atoms with Gasteiger partial charge >= 0.3 is 12.1 Å². The first kappa shape index (κ1) is 26.7. The van der Waals surface area contributed by atoms with E-state index < -0.39 is 17.7 Å². The molecule has 0 fully saturated rings. The number of para-hydroxylation sites is 1. The van der Waals surface area contributed by atoms with Gasteiger partial charge in [-0.1, -0.05) is 30.3 Å². The zero-order chi connectivity index (χ0) is 25.3. The van der Waals surface area contributed by atoms with Gasteiger partial charge in [0.25, 0.3) is 0 Å². The third-order valence-electron chi connectivity index (χ3n) is 4.82. The first-order valence-electron chi connectivity index (χ1n) is 11.1. The van der Waals surface area contributed by atoms with Gasteiger partial charge in [-0.25, -0.2) is 4.79 Å². The smallest absolute Gasteiger partial charge is 0.408 e. The van der Waals surface area contributed by atoms with E-state index in [0.29, 0.717) is 24.3 Å². The highest BCUT2D eigenvalue weighted by Crippen LogP contribution is 2.27. The van der Waals surface area contributed by atoms with Crippen molar-refractivity contribution in [2.24, 2.45) is 0 Å². The van der Waals surface area contributed by atoms with Crippen molar-refractivity contribution in [3.63, 3.8) is 0 Å². The van der Waals surface area contributed by atoms with Crippen LogP contribution >= 0.6 is 0 Å². The Balaban J connectivity index is 2.09. The molecule has 1 atom stereocenters. The predicted molar refractivity (Wildman–Crippen MR) is 129 cm³/mol. The molecule has 1 N–H and O–H groups in total. The van der Waals surface area contributed by atoms with Crippen LogP contribution in [0.1, 0.15) is 38.3 Å². The van der Waals surface area contributed by atoms with Crippen molar-refractivity contribution >= 4 is 18.0 Å². The van der Waals surface area contributed by atoms with E-state index in [1.165, 1.54) is 12.0 Å². The fraction of sp³-hybridized carbons (Fsp3) is 0.423. The average Bonchev–Trinajstić information content (AvgIpc) is 2.77. The Labute approximate surface area is 201 Å². The number of esters is 1. The summed E-state index contributed by atoms with van der Waals surface area (Å²) in [5, 5.41) is 2.67. The summed E-state index contributed by atoms with van der Waals surface area (Å²) in [7, 11) is 4.65. The van der Waals surface area contributed by atoms with Crippen molar-refractivity contribution in [2.75, 3.05) is 21.2 Å². The van der Waals surface area contributed by atoms with Gasteiger partial charge in [0, 0.05) is 26.9 Å². The number of alkyl carbamates (subject to hydrolysis) is 1. The van der Waals surface area contributed by atoms with Crippen molar-refractivity contribution in [1.29, 1.82) is 0 Å². The number of hydrogen-bond donors (Lipinski definition) is 1. The number of amides is 2. The number of rotatable bonds is 9. The number of carbonyl (C=O) groups is 3. The maximum atomic E-state index is 12.6. The Morgan fingerprint density at radius 2 is 1.65 bits per heavy atom. The number of likely N-dealkylation sites (N-methyl/N-ethyl adjacent to an activating group) is 1. The Hall–Kier alpha value is -3.55. The molecule has 8 heteroatoms. The number of hydrogen-bond acceptors (Lipinski definition) is 6. The van der Waals surface area contributed by atoms with Crippen LogP contribution in [-0.2, 0) is 31.9 Å². The van der Waals surface area contributed by atoms with Gasteiger partial charge in [-0.2, -0.15) is 0 Å². The molecule has 2 aromatic rings. The van der Waals surface area contributed by atoms with Crippen molar-refractivity contribution in [1.82, 2.24) is 10.2 Å². The number of benzene rings is 2. The van der Waals surface area contributed by atoms with Crippen LogP contribution in [0.2, 0.25) is 0 Å². The molecule has 0 heterocycles. The van der Waals surface area contributed by atoms with E-state index in [2.05, 4.69) is 5.32 Å². The minimum absolute atomic E-state index is 0.231. The highest BCUT2D eigenvalue weighted by Gasteiger charge is 2.25. The minimum atomic E-state index is -0.768. The second-order valence-corrected chi connectivity index (χ2v) is 9.07. The zero-order valence-corrected chi connectivity index (χ0v) is 20.7. The second kappa shape index (κ2) is 12.1. The van der Waals surface area contributed by atoms with Crippen LogP contribution in [-0.4, -0.2) is 55.7 Å². The van der Waals surface area contributed by atoms with Gasteiger partial charge in [-0.3, -0.25) is 9.59 Å². The summed E-state index contributed by atoms with van der Waals surface area (Å²) in [6.07, 6.45) is 0.427. The molecule has 0 spiro atoms. The molecular weight excluding hydrogens is 436 g/mol. The van der Waals surface area contributed by atoms with Gasteiger partial charge in [0.2, 0.25) is 5.91 Å². The topological polar surface area (TPSA) is 94.2 Å². The van der Waals surface area contributed by atoms with E-state index in [-0.39, 0.29) is 18.3 Å². The van der Waals surface area contributed by atoms with Crippen molar-refractivity contribution in [2.45, 2.75) is 51.7 Å². The third-order valence-corrected chi connectivity index (χ3v) is 4.82. The van der Waals surface area contributed by atoms with Gasteiger partial charge in [-0.05, 0) is 56.5 Å². The normalized spacial score (nSPS) is 11.8. The number of methoxy groups -OCH3 is 1. The average molecular weight is 471 g/mol. The van der Waals surface area contributed by atoms with Crippen LogP contribution in [0.25, 0.3) is 0 Å². The highest BCUT2D eigenvalue weighted by atomic mass is 16.6. The molecule has 0 unspecified atom stereocenters. The molecule has 2 amide bonds. The Morgan fingerprint density at radius 3 is 2.24 bits per heavy atom. The van der Waals surface area contributed by atoms with Gasteiger partial charge in [-0.15, -0.1) is 0 Å². The molecule has 2 rings (SSSR count). The zero-order valence-electron chi connectivity index (χ0n) is 20.7. The van der Waals surface area contributed by atoms with Crippen LogP contribution in [0.15, 0.2) is 48.5 Å². The van der Waals surface area contributed by atoms with Crippen LogP contribution in [0, 0.1) is 0 Å². The fourth-order valence-electron chi connectivity index (χ4n) is 3.17. The molecule has 34 heavy (non-hydrogen) atoms. The van der Waals surface area contributed by atoms with E-state index in [1.807, 2.05) is 36.4 Å². The molecule has 0 radical (unpaired) electrons. The van der Waals surface area contributed by atoms with E-state index >= 15 is 0 Å². The molecule has 0 saturated carbocycles. The summed E-state index contributed by atoms with van der Waals surface area (Å²) in [5.41, 5.74) is 1.08. The Bertz CT molecular complexity index is 980. The lowest BCUT2D eigenvalue weighted by Crippen LogP contribution is -2.48. The standard InChI is InChI=1S/C26H34N2O6/c1-26(2,3)34-25(31)27-21(24(30)28(4)5)17-18-11-14-20(15-12-18)33-22-10-8-7-9-19(22)13-16-23(29)32-6/h7-12,14-15,21H,13,16-17H2,1-6H3,(H,27,31)/t21-/m0/s1. The molecule has 0 saturated heterocycles. The minimum Gasteiger partial charge on any atom is -0.469 e. The molecule has 184 valence electrons. The number of nitrogens with zero attached hydrogens (tertiary/aromatic N) is 1. The number of ether oxygens (including phenoxy) is 3. The van der Waals surface area contributed by atoms with E-state index in [4.69, 9.17) is 14.2 Å². The lowest BCUT2D eigenvalue weighted by molar-refractivity contribution is -0.140. The lowest BCUT2D eigenvalue weighted by atomic mass is 10.0. The Morgan fingerprint density at radius 1 is 1.00 bits per heavy atom. The number of aryl methyl sites for hydroxylation is 1. The largest absolute Gasteiger partial charge is 0.469 e. The Kier molecular flexibility index (Phi) is 9.47. The van der Waals surface area contributed by atoms with Gasteiger partial charge in [0.1, 0.15) is 23.1 Å². The van der Waals surface area contributed by atoms with E-state index in [9.17, 15) is 14.4 Å². The fourth-order valence-corrected chi connectivity index (χ4v) is 3.17. The van der Waals surface area contributed by atoms with Crippen molar-refractivity contribution in [3.8, 4) is 11.5 Å². The number of nitrogens with one attached hydrogen (secondary N) is 1. The van der Waals surface area contributed by atoms with Gasteiger partial charge in [0.05, 0.1) is 7.11 Å². The summed E-state index contributed by atoms with van der Waals surface area (Å²) in [5.74, 6) is 0.767. The predicted octanol–water partition coefficient (Wildman–Crippen LogP) is 4.11. The molecule has 0 aliphatic carbocycles. The monoisotopic (exact) mass is 470 g/mol. The molecule has 2 aromatic carbocycles. The third kappa shape index (κ3) is 8.77. The van der Waals surface area contributed by atoms with Gasteiger partial charge < -0.3 is 24.4 Å². The van der Waals surface area contributed by atoms with E-state index in [0.717, 1.165) is 11.1 Å². The maximum Gasteiger partial charge on any atom is 0.408 e. The maximum absolute atomic E-state index is 12.6. The molecule has 0 aromatic heterocycles. The molecular formula is C26H34N2O6. The lowest BCUT2D eigenvalue weighted by Gasteiger charge is -2.25. The highest BCUT2D eigenvalue weighted by molar-refractivity contribution is 5.85. The molecule has 0 bridgehead atoms. The van der Waals surface area contributed by atoms with E-state index in [1.54, 1.807) is 47.0 Å². The van der Waals surface area contributed by atoms with Crippen molar-refractivity contribution < 1.29 is 28.6 Å².